The van der Waals surface area contributed by atoms with Crippen LogP contribution in [0.3, 0.4) is 0 Å². The molecule has 0 saturated carbocycles. The van der Waals surface area contributed by atoms with Crippen LogP contribution in [-0.2, 0) is 6.54 Å². The van der Waals surface area contributed by atoms with E-state index in [4.69, 9.17) is 11.6 Å². The van der Waals surface area contributed by atoms with Crippen LogP contribution in [0.4, 0.5) is 5.69 Å². The molecule has 0 fully saturated rings. The van der Waals surface area contributed by atoms with Crippen LogP contribution in [-0.4, -0.2) is 12.2 Å². The molecular formula is C16H18ClNO. The molecule has 2 aromatic rings. The molecule has 0 radical (unpaired) electrons. The number of phenols is 1. The number of benzene rings is 2. The standard InChI is InChI=1S/C16H18ClNO/c1-11-7-12(2)9-13(8-11)18(3)10-14-15(17)5-4-6-16(14)19/h4-9,19H,10H2,1-3H3. The number of halogens is 1. The molecule has 0 amide bonds. The van der Waals surface area contributed by atoms with Gasteiger partial charge in [-0.15, -0.1) is 0 Å². The SMILES string of the molecule is Cc1cc(C)cc(N(C)Cc2c(O)cccc2Cl)c1. The van der Waals surface area contributed by atoms with Crippen molar-refractivity contribution in [3.8, 4) is 5.75 Å². The Bertz CT molecular complexity index is 555. The summed E-state index contributed by atoms with van der Waals surface area (Å²) in [6.45, 7) is 4.74. The fourth-order valence-corrected chi connectivity index (χ4v) is 2.43. The molecule has 0 aliphatic heterocycles. The van der Waals surface area contributed by atoms with Gasteiger partial charge in [0.15, 0.2) is 0 Å². The first-order valence-electron chi connectivity index (χ1n) is 6.23. The number of hydrogen-bond donors (Lipinski definition) is 1. The highest BCUT2D eigenvalue weighted by molar-refractivity contribution is 6.31. The lowest BCUT2D eigenvalue weighted by Crippen LogP contribution is -2.17. The summed E-state index contributed by atoms with van der Waals surface area (Å²) in [5, 5.41) is 10.5. The molecule has 0 heterocycles. The molecule has 1 N–H and O–H groups in total. The Balaban J connectivity index is 2.28. The smallest absolute Gasteiger partial charge is 0.122 e. The molecule has 3 heteroatoms. The molecule has 0 spiro atoms. The number of aromatic hydroxyl groups is 1. The number of phenolic OH excluding ortho intramolecular Hbond substituents is 1. The van der Waals surface area contributed by atoms with Crippen molar-refractivity contribution in [2.75, 3.05) is 11.9 Å². The Morgan fingerprint density at radius 3 is 2.32 bits per heavy atom. The Kier molecular flexibility index (Phi) is 4.01. The summed E-state index contributed by atoms with van der Waals surface area (Å²) >= 11 is 6.14. The number of rotatable bonds is 3. The van der Waals surface area contributed by atoms with Crippen molar-refractivity contribution in [3.05, 3.63) is 58.1 Å². The molecule has 2 aromatic carbocycles. The average molecular weight is 276 g/mol. The topological polar surface area (TPSA) is 23.5 Å². The van der Waals surface area contributed by atoms with E-state index < -0.39 is 0 Å². The number of hydrogen-bond acceptors (Lipinski definition) is 2. The second kappa shape index (κ2) is 5.54. The summed E-state index contributed by atoms with van der Waals surface area (Å²) in [6.07, 6.45) is 0. The Labute approximate surface area is 119 Å². The van der Waals surface area contributed by atoms with Crippen molar-refractivity contribution in [3.63, 3.8) is 0 Å². The highest BCUT2D eigenvalue weighted by Crippen LogP contribution is 2.28. The molecule has 0 aliphatic carbocycles. The lowest BCUT2D eigenvalue weighted by atomic mass is 10.1. The number of aryl methyl sites for hydroxylation is 2. The molecular weight excluding hydrogens is 258 g/mol. The Hall–Kier alpha value is -1.67. The van der Waals surface area contributed by atoms with Crippen molar-refractivity contribution in [1.82, 2.24) is 0 Å². The van der Waals surface area contributed by atoms with Crippen molar-refractivity contribution in [2.45, 2.75) is 20.4 Å². The largest absolute Gasteiger partial charge is 0.508 e. The number of anilines is 1. The van der Waals surface area contributed by atoms with Crippen LogP contribution >= 0.6 is 11.6 Å². The zero-order valence-electron chi connectivity index (χ0n) is 11.4. The average Bonchev–Trinajstić information content (AvgIpc) is 2.32. The molecule has 0 aliphatic rings. The van der Waals surface area contributed by atoms with Crippen molar-refractivity contribution < 1.29 is 5.11 Å². The molecule has 2 nitrogen and oxygen atoms in total. The van der Waals surface area contributed by atoms with Gasteiger partial charge in [-0.1, -0.05) is 23.7 Å². The predicted molar refractivity (Wildman–Crippen MR) is 81.1 cm³/mol. The first kappa shape index (κ1) is 13.8. The second-order valence-electron chi connectivity index (χ2n) is 4.94. The van der Waals surface area contributed by atoms with E-state index in [0.717, 1.165) is 11.3 Å². The van der Waals surface area contributed by atoms with Gasteiger partial charge in [-0.3, -0.25) is 0 Å². The van der Waals surface area contributed by atoms with Crippen molar-refractivity contribution in [1.29, 1.82) is 0 Å². The molecule has 0 bridgehead atoms. The number of nitrogens with zero attached hydrogens (tertiary/aromatic N) is 1. The summed E-state index contributed by atoms with van der Waals surface area (Å²) in [4.78, 5) is 2.08. The van der Waals surface area contributed by atoms with E-state index >= 15 is 0 Å². The fourth-order valence-electron chi connectivity index (χ4n) is 2.20. The van der Waals surface area contributed by atoms with E-state index in [1.165, 1.54) is 11.1 Å². The van der Waals surface area contributed by atoms with Gasteiger partial charge in [-0.25, -0.2) is 0 Å². The molecule has 0 aromatic heterocycles. The third kappa shape index (κ3) is 3.21. The maximum absolute atomic E-state index is 9.89. The van der Waals surface area contributed by atoms with Gasteiger partial charge in [0.05, 0.1) is 0 Å². The van der Waals surface area contributed by atoms with Gasteiger partial charge in [-0.05, 0) is 49.2 Å². The summed E-state index contributed by atoms with van der Waals surface area (Å²) in [6, 6.07) is 11.6. The molecule has 0 saturated heterocycles. The van der Waals surface area contributed by atoms with Crippen LogP contribution < -0.4 is 4.90 Å². The fraction of sp³-hybridized carbons (Fsp3) is 0.250. The summed E-state index contributed by atoms with van der Waals surface area (Å²) in [7, 11) is 2.00. The Morgan fingerprint density at radius 1 is 1.11 bits per heavy atom. The van der Waals surface area contributed by atoms with Crippen LogP contribution in [0.5, 0.6) is 5.75 Å². The highest BCUT2D eigenvalue weighted by Gasteiger charge is 2.10. The minimum absolute atomic E-state index is 0.240. The van der Waals surface area contributed by atoms with E-state index in [-0.39, 0.29) is 5.75 Å². The molecule has 2 rings (SSSR count). The Morgan fingerprint density at radius 2 is 1.74 bits per heavy atom. The van der Waals surface area contributed by atoms with Gasteiger partial charge in [0.2, 0.25) is 0 Å². The molecule has 100 valence electrons. The summed E-state index contributed by atoms with van der Waals surface area (Å²) in [5.41, 5.74) is 4.33. The maximum atomic E-state index is 9.89. The first-order valence-corrected chi connectivity index (χ1v) is 6.61. The van der Waals surface area contributed by atoms with Crippen LogP contribution in [0.25, 0.3) is 0 Å². The third-order valence-electron chi connectivity index (χ3n) is 3.14. The maximum Gasteiger partial charge on any atom is 0.122 e. The lowest BCUT2D eigenvalue weighted by Gasteiger charge is -2.21. The highest BCUT2D eigenvalue weighted by atomic mass is 35.5. The van der Waals surface area contributed by atoms with E-state index in [0.29, 0.717) is 11.6 Å². The van der Waals surface area contributed by atoms with E-state index in [1.807, 2.05) is 7.05 Å². The minimum Gasteiger partial charge on any atom is -0.508 e. The lowest BCUT2D eigenvalue weighted by molar-refractivity contribution is 0.468. The van der Waals surface area contributed by atoms with Crippen LogP contribution in [0.1, 0.15) is 16.7 Å². The zero-order chi connectivity index (χ0) is 14.0. The summed E-state index contributed by atoms with van der Waals surface area (Å²) in [5.74, 6) is 0.240. The minimum atomic E-state index is 0.240. The quantitative estimate of drug-likeness (QED) is 0.903. The molecule has 0 unspecified atom stereocenters. The first-order chi connectivity index (χ1) is 8.97. The molecule has 0 atom stereocenters. The van der Waals surface area contributed by atoms with Crippen molar-refractivity contribution in [2.24, 2.45) is 0 Å². The van der Waals surface area contributed by atoms with Gasteiger partial charge < -0.3 is 10.0 Å². The normalized spacial score (nSPS) is 10.5. The van der Waals surface area contributed by atoms with Gasteiger partial charge in [0.25, 0.3) is 0 Å². The van der Waals surface area contributed by atoms with Gasteiger partial charge in [-0.2, -0.15) is 0 Å². The van der Waals surface area contributed by atoms with Gasteiger partial charge in [0, 0.05) is 29.9 Å². The van der Waals surface area contributed by atoms with Gasteiger partial charge >= 0.3 is 0 Å². The predicted octanol–water partition coefficient (Wildman–Crippen LogP) is 4.30. The summed E-state index contributed by atoms with van der Waals surface area (Å²) < 4.78 is 0. The molecule has 19 heavy (non-hydrogen) atoms. The van der Waals surface area contributed by atoms with Crippen LogP contribution in [0, 0.1) is 13.8 Å². The van der Waals surface area contributed by atoms with E-state index in [9.17, 15) is 5.11 Å². The van der Waals surface area contributed by atoms with Crippen molar-refractivity contribution >= 4 is 17.3 Å². The van der Waals surface area contributed by atoms with Crippen LogP contribution in [0.2, 0.25) is 5.02 Å². The van der Waals surface area contributed by atoms with E-state index in [2.05, 4.69) is 36.9 Å². The zero-order valence-corrected chi connectivity index (χ0v) is 12.2. The monoisotopic (exact) mass is 275 g/mol. The second-order valence-corrected chi connectivity index (χ2v) is 5.35. The third-order valence-corrected chi connectivity index (χ3v) is 3.49. The van der Waals surface area contributed by atoms with E-state index in [1.54, 1.807) is 18.2 Å². The van der Waals surface area contributed by atoms with Gasteiger partial charge in [0.1, 0.15) is 5.75 Å². The van der Waals surface area contributed by atoms with Crippen LogP contribution in [0.15, 0.2) is 36.4 Å².